The number of thiazole rings is 1. The Morgan fingerprint density at radius 1 is 1.11 bits per heavy atom. The van der Waals surface area contributed by atoms with Crippen LogP contribution in [0, 0.1) is 5.82 Å². The van der Waals surface area contributed by atoms with Crippen LogP contribution in [-0.2, 0) is 11.2 Å². The molecule has 0 saturated heterocycles. The van der Waals surface area contributed by atoms with E-state index in [0.29, 0.717) is 29.3 Å². The number of anilines is 1. The quantitative estimate of drug-likeness (QED) is 0.385. The fourth-order valence-corrected chi connectivity index (χ4v) is 4.65. The van der Waals surface area contributed by atoms with Gasteiger partial charge >= 0.3 is 0 Å². The zero-order chi connectivity index (χ0) is 24.2. The van der Waals surface area contributed by atoms with Crippen molar-refractivity contribution in [2.45, 2.75) is 13.3 Å². The molecule has 2 heterocycles. The Bertz CT molecular complexity index is 1470. The summed E-state index contributed by atoms with van der Waals surface area (Å²) in [6.07, 6.45) is 0.808. The number of carbonyl (C=O) groups is 1. The molecule has 176 valence electrons. The van der Waals surface area contributed by atoms with E-state index in [1.165, 1.54) is 29.0 Å². The van der Waals surface area contributed by atoms with Crippen molar-refractivity contribution in [3.8, 4) is 17.0 Å². The minimum Gasteiger partial charge on any atom is -0.482 e. The predicted octanol–water partition coefficient (Wildman–Crippen LogP) is 5.10. The molecule has 0 fully saturated rings. The average molecular weight is 487 g/mol. The summed E-state index contributed by atoms with van der Waals surface area (Å²) in [7, 11) is 0. The molecule has 4 aromatic rings. The van der Waals surface area contributed by atoms with Gasteiger partial charge in [-0.3, -0.25) is 9.79 Å². The molecule has 5 rings (SSSR count). The van der Waals surface area contributed by atoms with Crippen molar-refractivity contribution in [3.63, 3.8) is 0 Å². The Balaban J connectivity index is 1.55. The lowest BCUT2D eigenvalue weighted by Gasteiger charge is -2.18. The van der Waals surface area contributed by atoms with Crippen molar-refractivity contribution in [2.24, 2.45) is 10.1 Å². The first kappa shape index (κ1) is 22.7. The molecular weight excluding hydrogens is 463 g/mol. The number of nitrogens with one attached hydrogen (secondary N) is 1. The Morgan fingerprint density at radius 3 is 2.80 bits per heavy atom. The van der Waals surface area contributed by atoms with Crippen molar-refractivity contribution in [3.05, 3.63) is 99.9 Å². The second-order valence-corrected chi connectivity index (χ2v) is 8.91. The van der Waals surface area contributed by atoms with E-state index in [4.69, 9.17) is 14.8 Å². The molecule has 0 unspecified atom stereocenters. The Kier molecular flexibility index (Phi) is 6.54. The van der Waals surface area contributed by atoms with Crippen LogP contribution in [0.3, 0.4) is 0 Å². The first-order chi connectivity index (χ1) is 17.1. The van der Waals surface area contributed by atoms with Gasteiger partial charge in [0.15, 0.2) is 6.61 Å². The summed E-state index contributed by atoms with van der Waals surface area (Å²) >= 11 is 1.48. The smallest absolute Gasteiger partial charge is 0.262 e. The molecule has 35 heavy (non-hydrogen) atoms. The lowest BCUT2D eigenvalue weighted by atomic mass is 10.1. The van der Waals surface area contributed by atoms with Crippen LogP contribution in [0.5, 0.6) is 5.75 Å². The van der Waals surface area contributed by atoms with E-state index >= 15 is 0 Å². The van der Waals surface area contributed by atoms with Gasteiger partial charge in [0.25, 0.3) is 5.91 Å². The van der Waals surface area contributed by atoms with Crippen LogP contribution in [0.4, 0.5) is 10.1 Å². The highest BCUT2D eigenvalue weighted by molar-refractivity contribution is 7.07. The van der Waals surface area contributed by atoms with Gasteiger partial charge in [0.1, 0.15) is 11.6 Å². The van der Waals surface area contributed by atoms with Crippen LogP contribution in [0.2, 0.25) is 0 Å². The fourth-order valence-electron chi connectivity index (χ4n) is 3.79. The molecule has 0 spiro atoms. The number of fused-ring (bicyclic) bond motifs is 1. The van der Waals surface area contributed by atoms with E-state index in [1.807, 2.05) is 54.8 Å². The SMILES string of the molecule is CC(=Nn1c(-c2ccc3c(c2)NC(=O)CO3)csc1=NCCc1ccccc1)c1cccc(F)c1. The molecule has 0 atom stereocenters. The number of carbonyl (C=O) groups excluding carboxylic acids is 1. The summed E-state index contributed by atoms with van der Waals surface area (Å²) in [5.41, 5.74) is 4.84. The van der Waals surface area contributed by atoms with E-state index in [2.05, 4.69) is 17.4 Å². The van der Waals surface area contributed by atoms with Gasteiger partial charge in [-0.2, -0.15) is 5.10 Å². The number of amides is 1. The number of ether oxygens (including phenoxy) is 1. The van der Waals surface area contributed by atoms with Gasteiger partial charge in [-0.1, -0.05) is 42.5 Å². The molecule has 1 aliphatic rings. The molecule has 0 saturated carbocycles. The Morgan fingerprint density at radius 2 is 1.97 bits per heavy atom. The van der Waals surface area contributed by atoms with E-state index in [-0.39, 0.29) is 18.3 Å². The first-order valence-electron chi connectivity index (χ1n) is 11.2. The van der Waals surface area contributed by atoms with Gasteiger partial charge in [-0.05, 0) is 49.2 Å². The Hall–Kier alpha value is -4.04. The zero-order valence-corrected chi connectivity index (χ0v) is 19.9. The van der Waals surface area contributed by atoms with E-state index in [1.54, 1.807) is 10.7 Å². The third-order valence-corrected chi connectivity index (χ3v) is 6.43. The number of hydrogen-bond acceptors (Lipinski definition) is 5. The molecule has 6 nitrogen and oxygen atoms in total. The Labute approximate surface area is 206 Å². The third-order valence-electron chi connectivity index (χ3n) is 5.58. The van der Waals surface area contributed by atoms with E-state index in [0.717, 1.165) is 22.5 Å². The van der Waals surface area contributed by atoms with Crippen LogP contribution in [0.25, 0.3) is 11.3 Å². The standard InChI is InChI=1S/C27H23FN4O2S/c1-18(20-8-5-9-22(28)14-20)31-32-24(21-10-11-25-23(15-21)30-26(33)16-34-25)17-35-27(32)29-13-12-19-6-3-2-4-7-19/h2-11,14-15,17H,12-13,16H2,1H3,(H,30,33). The first-order valence-corrected chi connectivity index (χ1v) is 12.1. The van der Waals surface area contributed by atoms with Gasteiger partial charge in [0, 0.05) is 23.1 Å². The van der Waals surface area contributed by atoms with Crippen molar-refractivity contribution >= 4 is 28.6 Å². The second kappa shape index (κ2) is 10.1. The number of hydrogen-bond donors (Lipinski definition) is 1. The van der Waals surface area contributed by atoms with Crippen LogP contribution in [-0.4, -0.2) is 29.4 Å². The third kappa shape index (κ3) is 5.22. The summed E-state index contributed by atoms with van der Waals surface area (Å²) in [6, 6.07) is 22.2. The largest absolute Gasteiger partial charge is 0.482 e. The van der Waals surface area contributed by atoms with Gasteiger partial charge < -0.3 is 10.1 Å². The van der Waals surface area contributed by atoms with Gasteiger partial charge in [0.2, 0.25) is 4.80 Å². The van der Waals surface area contributed by atoms with Gasteiger partial charge in [-0.25, -0.2) is 9.07 Å². The minimum absolute atomic E-state index is 0.00631. The van der Waals surface area contributed by atoms with Gasteiger partial charge in [-0.15, -0.1) is 11.3 Å². The van der Waals surface area contributed by atoms with Gasteiger partial charge in [0.05, 0.1) is 17.1 Å². The number of benzene rings is 3. The monoisotopic (exact) mass is 486 g/mol. The topological polar surface area (TPSA) is 68.0 Å². The predicted molar refractivity (Wildman–Crippen MR) is 136 cm³/mol. The molecule has 1 aromatic heterocycles. The normalized spacial score (nSPS) is 13.8. The summed E-state index contributed by atoms with van der Waals surface area (Å²) < 4.78 is 21.1. The summed E-state index contributed by atoms with van der Waals surface area (Å²) in [5.74, 6) is 0.123. The zero-order valence-electron chi connectivity index (χ0n) is 19.1. The lowest BCUT2D eigenvalue weighted by Crippen LogP contribution is -2.25. The number of halogens is 1. The molecule has 1 amide bonds. The molecule has 8 heteroatoms. The molecule has 0 aliphatic carbocycles. The van der Waals surface area contributed by atoms with E-state index in [9.17, 15) is 9.18 Å². The number of nitrogens with zero attached hydrogens (tertiary/aromatic N) is 3. The fraction of sp³-hybridized carbons (Fsp3) is 0.148. The number of rotatable bonds is 6. The molecular formula is C27H23FN4O2S. The summed E-state index contributed by atoms with van der Waals surface area (Å²) in [4.78, 5) is 17.3. The van der Waals surface area contributed by atoms with Crippen LogP contribution in [0.1, 0.15) is 18.1 Å². The lowest BCUT2D eigenvalue weighted by molar-refractivity contribution is -0.118. The highest BCUT2D eigenvalue weighted by Gasteiger charge is 2.18. The maximum Gasteiger partial charge on any atom is 0.262 e. The molecule has 1 aliphatic heterocycles. The summed E-state index contributed by atoms with van der Waals surface area (Å²) in [6.45, 7) is 2.46. The van der Waals surface area contributed by atoms with Crippen LogP contribution >= 0.6 is 11.3 Å². The molecule has 0 radical (unpaired) electrons. The maximum atomic E-state index is 13.8. The average Bonchev–Trinajstić information content (AvgIpc) is 3.26. The van der Waals surface area contributed by atoms with Crippen molar-refractivity contribution in [1.29, 1.82) is 0 Å². The van der Waals surface area contributed by atoms with Crippen molar-refractivity contribution < 1.29 is 13.9 Å². The number of aromatic nitrogens is 1. The molecule has 1 N–H and O–H groups in total. The van der Waals surface area contributed by atoms with Crippen LogP contribution < -0.4 is 14.9 Å². The molecule has 0 bridgehead atoms. The van der Waals surface area contributed by atoms with Crippen LogP contribution in [0.15, 0.2) is 88.3 Å². The molecule has 3 aromatic carbocycles. The maximum absolute atomic E-state index is 13.8. The minimum atomic E-state index is -0.314. The van der Waals surface area contributed by atoms with Crippen molar-refractivity contribution in [2.75, 3.05) is 18.5 Å². The second-order valence-electron chi connectivity index (χ2n) is 8.08. The highest BCUT2D eigenvalue weighted by Crippen LogP contribution is 2.33. The highest BCUT2D eigenvalue weighted by atomic mass is 32.1. The van der Waals surface area contributed by atoms with Crippen molar-refractivity contribution in [1.82, 2.24) is 4.68 Å². The van der Waals surface area contributed by atoms with E-state index < -0.39 is 0 Å². The summed E-state index contributed by atoms with van der Waals surface area (Å²) in [5, 5.41) is 9.66.